The minimum atomic E-state index is -4.73. The van der Waals surface area contributed by atoms with E-state index < -0.39 is 34.8 Å². The van der Waals surface area contributed by atoms with E-state index in [9.17, 15) is 28.1 Å². The van der Waals surface area contributed by atoms with Crippen molar-refractivity contribution < 1.29 is 22.9 Å². The number of amides is 1. The van der Waals surface area contributed by atoms with Crippen molar-refractivity contribution in [1.29, 1.82) is 0 Å². The van der Waals surface area contributed by atoms with Crippen LogP contribution >= 0.6 is 0 Å². The van der Waals surface area contributed by atoms with Crippen molar-refractivity contribution in [1.82, 2.24) is 0 Å². The highest BCUT2D eigenvalue weighted by Gasteiger charge is 2.43. The van der Waals surface area contributed by atoms with Crippen LogP contribution in [0.5, 0.6) is 0 Å². The predicted octanol–water partition coefficient (Wildman–Crippen LogP) is 2.25. The number of nitrogens with zero attached hydrogens (tertiary/aromatic N) is 3. The Balaban J connectivity index is 2.46. The maximum atomic E-state index is 12.4. The zero-order chi connectivity index (χ0) is 14.2. The van der Waals surface area contributed by atoms with Crippen LogP contribution in [0.1, 0.15) is 6.42 Å². The van der Waals surface area contributed by atoms with Gasteiger partial charge >= 0.3 is 6.18 Å². The molecule has 1 aromatic carbocycles. The van der Waals surface area contributed by atoms with E-state index in [2.05, 4.69) is 5.10 Å². The molecular formula is C10H6F3N3O3. The van der Waals surface area contributed by atoms with Crippen LogP contribution in [0.15, 0.2) is 29.4 Å². The summed E-state index contributed by atoms with van der Waals surface area (Å²) in [6.07, 6.45) is -5.65. The normalized spacial score (nSPS) is 15.6. The van der Waals surface area contributed by atoms with E-state index in [-0.39, 0.29) is 5.69 Å². The molecule has 1 aliphatic rings. The summed E-state index contributed by atoms with van der Waals surface area (Å²) >= 11 is 0. The predicted molar refractivity (Wildman–Crippen MR) is 58.7 cm³/mol. The van der Waals surface area contributed by atoms with Crippen LogP contribution in [0.4, 0.5) is 24.5 Å². The monoisotopic (exact) mass is 273 g/mol. The van der Waals surface area contributed by atoms with E-state index in [1.54, 1.807) is 0 Å². The Hall–Kier alpha value is -2.45. The molecule has 1 amide bonds. The van der Waals surface area contributed by atoms with E-state index in [1.165, 1.54) is 18.2 Å². The Morgan fingerprint density at radius 3 is 2.47 bits per heavy atom. The van der Waals surface area contributed by atoms with Crippen LogP contribution < -0.4 is 5.01 Å². The molecule has 0 saturated heterocycles. The lowest BCUT2D eigenvalue weighted by Crippen LogP contribution is -2.22. The van der Waals surface area contributed by atoms with Gasteiger partial charge in [0.25, 0.3) is 11.6 Å². The van der Waals surface area contributed by atoms with E-state index in [4.69, 9.17) is 0 Å². The third-order valence-corrected chi connectivity index (χ3v) is 2.41. The largest absolute Gasteiger partial charge is 0.431 e. The van der Waals surface area contributed by atoms with Gasteiger partial charge in [0, 0.05) is 6.07 Å². The molecule has 0 saturated carbocycles. The second kappa shape index (κ2) is 4.34. The summed E-state index contributed by atoms with van der Waals surface area (Å²) in [6, 6.07) is 4.97. The molecular weight excluding hydrogens is 267 g/mol. The number of nitro benzene ring substituents is 1. The van der Waals surface area contributed by atoms with Crippen molar-refractivity contribution in [2.75, 3.05) is 5.01 Å². The Labute approximate surface area is 104 Å². The van der Waals surface area contributed by atoms with Gasteiger partial charge in [-0.05, 0) is 6.07 Å². The lowest BCUT2D eigenvalue weighted by molar-refractivity contribution is -0.384. The zero-order valence-corrected chi connectivity index (χ0v) is 9.22. The van der Waals surface area contributed by atoms with Crippen LogP contribution in [-0.2, 0) is 4.79 Å². The summed E-state index contributed by atoms with van der Waals surface area (Å²) in [4.78, 5) is 21.5. The van der Waals surface area contributed by atoms with E-state index in [0.717, 1.165) is 6.07 Å². The molecule has 2 rings (SSSR count). The number of nitro groups is 1. The first kappa shape index (κ1) is 13.0. The summed E-state index contributed by atoms with van der Waals surface area (Å²) in [6.45, 7) is 0. The number of benzene rings is 1. The SMILES string of the molecule is O=C1CC(C(F)(F)F)=NN1c1ccccc1[N+](=O)[O-]. The number of hydrogen-bond donors (Lipinski definition) is 0. The Morgan fingerprint density at radius 1 is 1.32 bits per heavy atom. The number of rotatable bonds is 2. The molecule has 6 nitrogen and oxygen atoms in total. The van der Waals surface area contributed by atoms with Gasteiger partial charge in [0.15, 0.2) is 5.71 Å². The topological polar surface area (TPSA) is 75.8 Å². The summed E-state index contributed by atoms with van der Waals surface area (Å²) < 4.78 is 37.3. The fourth-order valence-corrected chi connectivity index (χ4v) is 1.57. The summed E-state index contributed by atoms with van der Waals surface area (Å²) in [5, 5.41) is 14.3. The van der Waals surface area contributed by atoms with Crippen LogP contribution in [-0.4, -0.2) is 22.7 Å². The van der Waals surface area contributed by atoms with Gasteiger partial charge < -0.3 is 0 Å². The first-order valence-corrected chi connectivity index (χ1v) is 5.02. The molecule has 0 aromatic heterocycles. The van der Waals surface area contributed by atoms with Crippen LogP contribution in [0, 0.1) is 10.1 Å². The van der Waals surface area contributed by atoms with Gasteiger partial charge in [0.1, 0.15) is 5.69 Å². The first-order chi connectivity index (χ1) is 8.80. The van der Waals surface area contributed by atoms with Crippen LogP contribution in [0.3, 0.4) is 0 Å². The molecule has 0 unspecified atom stereocenters. The van der Waals surface area contributed by atoms with Gasteiger partial charge in [-0.2, -0.15) is 23.3 Å². The highest BCUT2D eigenvalue weighted by atomic mass is 19.4. The third kappa shape index (κ3) is 2.39. The maximum absolute atomic E-state index is 12.4. The second-order valence-electron chi connectivity index (χ2n) is 3.67. The molecule has 1 heterocycles. The van der Waals surface area contributed by atoms with Crippen molar-refractivity contribution in [3.63, 3.8) is 0 Å². The Bertz CT molecular complexity index is 583. The molecule has 1 aliphatic heterocycles. The maximum Gasteiger partial charge on any atom is 0.431 e. The molecule has 0 radical (unpaired) electrons. The van der Waals surface area contributed by atoms with Crippen molar-refractivity contribution in [3.05, 3.63) is 34.4 Å². The molecule has 1 aromatic rings. The molecule has 0 fully saturated rings. The molecule has 0 aliphatic carbocycles. The zero-order valence-electron chi connectivity index (χ0n) is 9.22. The number of hydrazone groups is 1. The van der Waals surface area contributed by atoms with Crippen molar-refractivity contribution in [3.8, 4) is 0 Å². The lowest BCUT2D eigenvalue weighted by Gasteiger charge is -2.11. The number of para-hydroxylation sites is 2. The molecule has 0 spiro atoms. The molecule has 0 atom stereocenters. The number of hydrogen-bond acceptors (Lipinski definition) is 4. The number of anilines is 1. The minimum absolute atomic E-state index is 0.281. The van der Waals surface area contributed by atoms with E-state index in [0.29, 0.717) is 5.01 Å². The Morgan fingerprint density at radius 2 is 1.95 bits per heavy atom. The van der Waals surface area contributed by atoms with Crippen LogP contribution in [0.25, 0.3) is 0 Å². The number of carbonyl (C=O) groups excluding carboxylic acids is 1. The minimum Gasteiger partial charge on any atom is -0.272 e. The standard InChI is InChI=1S/C10H6F3N3O3/c11-10(12,13)8-5-9(17)15(14-8)6-3-1-2-4-7(6)16(18)19/h1-4H,5H2. The summed E-state index contributed by atoms with van der Waals surface area (Å²) in [5.74, 6) is -0.957. The number of alkyl halides is 3. The molecule has 0 bridgehead atoms. The molecule has 9 heteroatoms. The van der Waals surface area contributed by atoms with Crippen molar-refractivity contribution >= 4 is 23.0 Å². The second-order valence-corrected chi connectivity index (χ2v) is 3.67. The van der Waals surface area contributed by atoms with Gasteiger partial charge in [-0.15, -0.1) is 0 Å². The fraction of sp³-hybridized carbons (Fsp3) is 0.200. The number of halogens is 3. The smallest absolute Gasteiger partial charge is 0.272 e. The highest BCUT2D eigenvalue weighted by molar-refractivity contribution is 6.15. The Kier molecular flexibility index (Phi) is 2.97. The van der Waals surface area contributed by atoms with E-state index >= 15 is 0 Å². The highest BCUT2D eigenvalue weighted by Crippen LogP contribution is 2.33. The van der Waals surface area contributed by atoms with Gasteiger partial charge in [0.05, 0.1) is 11.3 Å². The molecule has 100 valence electrons. The van der Waals surface area contributed by atoms with Gasteiger partial charge in [-0.3, -0.25) is 14.9 Å². The number of carbonyl (C=O) groups is 1. The first-order valence-electron chi connectivity index (χ1n) is 5.02. The summed E-state index contributed by atoms with van der Waals surface area (Å²) in [7, 11) is 0. The quantitative estimate of drug-likeness (QED) is 0.612. The average molecular weight is 273 g/mol. The van der Waals surface area contributed by atoms with Gasteiger partial charge in [-0.1, -0.05) is 12.1 Å². The average Bonchev–Trinajstić information content (AvgIpc) is 2.71. The van der Waals surface area contributed by atoms with Gasteiger partial charge in [-0.25, -0.2) is 0 Å². The van der Waals surface area contributed by atoms with Crippen molar-refractivity contribution in [2.24, 2.45) is 5.10 Å². The summed E-state index contributed by atoms with van der Waals surface area (Å²) in [5.41, 5.74) is -2.03. The van der Waals surface area contributed by atoms with Crippen molar-refractivity contribution in [2.45, 2.75) is 12.6 Å². The lowest BCUT2D eigenvalue weighted by atomic mass is 10.2. The fourth-order valence-electron chi connectivity index (χ4n) is 1.57. The van der Waals surface area contributed by atoms with Gasteiger partial charge in [0.2, 0.25) is 0 Å². The molecule has 19 heavy (non-hydrogen) atoms. The van der Waals surface area contributed by atoms with Crippen LogP contribution in [0.2, 0.25) is 0 Å². The third-order valence-electron chi connectivity index (χ3n) is 2.41. The van der Waals surface area contributed by atoms with E-state index in [1.807, 2.05) is 0 Å². The molecule has 0 N–H and O–H groups in total.